The second-order valence-corrected chi connectivity index (χ2v) is 4.52. The zero-order valence-corrected chi connectivity index (χ0v) is 12.1. The predicted molar refractivity (Wildman–Crippen MR) is 78.9 cm³/mol. The van der Waals surface area contributed by atoms with Crippen molar-refractivity contribution < 1.29 is 14.3 Å². The number of amides is 1. The first-order chi connectivity index (χ1) is 9.58. The average molecular weight is 278 g/mol. The van der Waals surface area contributed by atoms with Crippen LogP contribution in [0.5, 0.6) is 5.75 Å². The molecule has 0 heterocycles. The van der Waals surface area contributed by atoms with E-state index in [0.29, 0.717) is 30.0 Å². The van der Waals surface area contributed by atoms with Gasteiger partial charge in [-0.25, -0.2) is 0 Å². The molecule has 5 heteroatoms. The predicted octanol–water partition coefficient (Wildman–Crippen LogP) is 2.16. The lowest BCUT2D eigenvalue weighted by Gasteiger charge is -2.10. The Balaban J connectivity index is 2.52. The summed E-state index contributed by atoms with van der Waals surface area (Å²) in [5, 5.41) is 2.75. The summed E-state index contributed by atoms with van der Waals surface area (Å²) in [5.74, 6) is 0.274. The molecule has 0 aliphatic rings. The maximum atomic E-state index is 11.5. The Hall–Kier alpha value is -2.04. The van der Waals surface area contributed by atoms with E-state index in [9.17, 15) is 9.59 Å². The molecule has 0 aromatic heterocycles. The van der Waals surface area contributed by atoms with E-state index in [2.05, 4.69) is 12.2 Å². The molecule has 0 atom stereocenters. The van der Waals surface area contributed by atoms with Crippen LogP contribution < -0.4 is 15.8 Å². The summed E-state index contributed by atoms with van der Waals surface area (Å²) in [7, 11) is 0. The van der Waals surface area contributed by atoms with Gasteiger partial charge in [-0.3, -0.25) is 9.59 Å². The third-order valence-electron chi connectivity index (χ3n) is 2.86. The molecule has 1 aromatic carbocycles. The van der Waals surface area contributed by atoms with E-state index in [1.165, 1.54) is 0 Å². The van der Waals surface area contributed by atoms with Crippen molar-refractivity contribution in [2.24, 2.45) is 0 Å². The van der Waals surface area contributed by atoms with Crippen LogP contribution in [-0.4, -0.2) is 24.8 Å². The molecule has 0 saturated heterocycles. The molecule has 1 amide bonds. The van der Waals surface area contributed by atoms with E-state index in [-0.39, 0.29) is 18.3 Å². The molecule has 0 fully saturated rings. The molecule has 0 spiro atoms. The number of benzene rings is 1. The first-order valence-electron chi connectivity index (χ1n) is 6.90. The lowest BCUT2D eigenvalue weighted by molar-refractivity contribution is -0.123. The number of ketones is 1. The van der Waals surface area contributed by atoms with Gasteiger partial charge in [0.25, 0.3) is 5.91 Å². The molecule has 1 aromatic rings. The van der Waals surface area contributed by atoms with Gasteiger partial charge in [0.2, 0.25) is 0 Å². The van der Waals surface area contributed by atoms with Crippen LogP contribution in [0, 0.1) is 0 Å². The quantitative estimate of drug-likeness (QED) is 0.434. The van der Waals surface area contributed by atoms with Crippen molar-refractivity contribution in [1.29, 1.82) is 0 Å². The van der Waals surface area contributed by atoms with Crippen molar-refractivity contribution in [3.05, 3.63) is 23.8 Å². The third kappa shape index (κ3) is 4.91. The fourth-order valence-electron chi connectivity index (χ4n) is 1.66. The number of nitrogens with one attached hydrogen (secondary N) is 1. The van der Waals surface area contributed by atoms with E-state index in [1.54, 1.807) is 25.1 Å². The van der Waals surface area contributed by atoms with Gasteiger partial charge >= 0.3 is 0 Å². The van der Waals surface area contributed by atoms with Gasteiger partial charge in [-0.05, 0) is 24.6 Å². The SMILES string of the molecule is CCCCNC(=O)COc1ccc(C(=O)CC)cc1N. The smallest absolute Gasteiger partial charge is 0.257 e. The highest BCUT2D eigenvalue weighted by Gasteiger charge is 2.08. The zero-order valence-electron chi connectivity index (χ0n) is 12.1. The van der Waals surface area contributed by atoms with Crippen LogP contribution in [0.1, 0.15) is 43.5 Å². The summed E-state index contributed by atoms with van der Waals surface area (Å²) in [5.41, 5.74) is 6.74. The second kappa shape index (κ2) is 8.19. The largest absolute Gasteiger partial charge is 0.482 e. The Kier molecular flexibility index (Phi) is 6.56. The molecule has 5 nitrogen and oxygen atoms in total. The number of hydrogen-bond acceptors (Lipinski definition) is 4. The molecular weight excluding hydrogens is 256 g/mol. The molecule has 0 aliphatic heterocycles. The average Bonchev–Trinajstić information content (AvgIpc) is 2.45. The number of nitrogen functional groups attached to an aromatic ring is 1. The Morgan fingerprint density at radius 1 is 1.30 bits per heavy atom. The van der Waals surface area contributed by atoms with Crippen LogP contribution in [0.3, 0.4) is 0 Å². The highest BCUT2D eigenvalue weighted by atomic mass is 16.5. The number of anilines is 1. The van der Waals surface area contributed by atoms with Gasteiger partial charge in [0, 0.05) is 18.5 Å². The van der Waals surface area contributed by atoms with Crippen LogP contribution >= 0.6 is 0 Å². The number of unbranched alkanes of at least 4 members (excludes halogenated alkanes) is 1. The van der Waals surface area contributed by atoms with Crippen LogP contribution in [0.25, 0.3) is 0 Å². The number of hydrogen-bond donors (Lipinski definition) is 2. The van der Waals surface area contributed by atoms with E-state index in [1.807, 2.05) is 0 Å². The normalized spacial score (nSPS) is 10.1. The maximum absolute atomic E-state index is 11.5. The minimum absolute atomic E-state index is 0.0283. The third-order valence-corrected chi connectivity index (χ3v) is 2.86. The van der Waals surface area contributed by atoms with Gasteiger partial charge in [-0.2, -0.15) is 0 Å². The molecule has 0 bridgehead atoms. The first-order valence-corrected chi connectivity index (χ1v) is 6.90. The Labute approximate surface area is 119 Å². The Morgan fingerprint density at radius 2 is 2.05 bits per heavy atom. The van der Waals surface area contributed by atoms with E-state index >= 15 is 0 Å². The van der Waals surface area contributed by atoms with Crippen molar-refractivity contribution in [3.63, 3.8) is 0 Å². The number of nitrogens with two attached hydrogens (primary N) is 1. The molecule has 0 unspecified atom stereocenters. The summed E-state index contributed by atoms with van der Waals surface area (Å²) >= 11 is 0. The molecule has 20 heavy (non-hydrogen) atoms. The summed E-state index contributed by atoms with van der Waals surface area (Å²) in [6, 6.07) is 4.86. The number of carbonyl (C=O) groups excluding carboxylic acids is 2. The van der Waals surface area contributed by atoms with Crippen molar-refractivity contribution in [1.82, 2.24) is 5.32 Å². The molecule has 3 N–H and O–H groups in total. The van der Waals surface area contributed by atoms with Gasteiger partial charge in [0.15, 0.2) is 12.4 Å². The highest BCUT2D eigenvalue weighted by molar-refractivity contribution is 5.97. The second-order valence-electron chi connectivity index (χ2n) is 4.52. The lowest BCUT2D eigenvalue weighted by atomic mass is 10.1. The number of ether oxygens (including phenoxy) is 1. The summed E-state index contributed by atoms with van der Waals surface area (Å²) in [4.78, 5) is 23.0. The van der Waals surface area contributed by atoms with Gasteiger partial charge in [0.1, 0.15) is 5.75 Å². The molecule has 0 radical (unpaired) electrons. The highest BCUT2D eigenvalue weighted by Crippen LogP contribution is 2.23. The minimum atomic E-state index is -0.174. The van der Waals surface area contributed by atoms with Gasteiger partial charge in [-0.15, -0.1) is 0 Å². The minimum Gasteiger partial charge on any atom is -0.482 e. The zero-order chi connectivity index (χ0) is 15.0. The van der Waals surface area contributed by atoms with Crippen molar-refractivity contribution in [3.8, 4) is 5.75 Å². The van der Waals surface area contributed by atoms with Crippen LogP contribution in [0.15, 0.2) is 18.2 Å². The number of rotatable bonds is 8. The van der Waals surface area contributed by atoms with Crippen LogP contribution in [-0.2, 0) is 4.79 Å². The molecule has 110 valence electrons. The van der Waals surface area contributed by atoms with E-state index in [4.69, 9.17) is 10.5 Å². The number of carbonyl (C=O) groups is 2. The Morgan fingerprint density at radius 3 is 2.65 bits per heavy atom. The monoisotopic (exact) mass is 278 g/mol. The summed E-state index contributed by atoms with van der Waals surface area (Å²) < 4.78 is 5.35. The van der Waals surface area contributed by atoms with Gasteiger partial charge < -0.3 is 15.8 Å². The van der Waals surface area contributed by atoms with E-state index in [0.717, 1.165) is 12.8 Å². The van der Waals surface area contributed by atoms with Gasteiger partial charge in [0.05, 0.1) is 5.69 Å². The van der Waals surface area contributed by atoms with E-state index < -0.39 is 0 Å². The molecular formula is C15H22N2O3. The molecule has 1 rings (SSSR count). The number of Topliss-reactive ketones (excluding diaryl/α,β-unsaturated/α-hetero) is 1. The van der Waals surface area contributed by atoms with Gasteiger partial charge in [-0.1, -0.05) is 20.3 Å². The van der Waals surface area contributed by atoms with Crippen LogP contribution in [0.4, 0.5) is 5.69 Å². The fourth-order valence-corrected chi connectivity index (χ4v) is 1.66. The standard InChI is InChI=1S/C15H22N2O3/c1-3-5-8-17-15(19)10-20-14-7-6-11(9-12(14)16)13(18)4-2/h6-7,9H,3-5,8,10,16H2,1-2H3,(H,17,19). The fraction of sp³-hybridized carbons (Fsp3) is 0.467. The first kappa shape index (κ1) is 16.0. The molecule has 0 saturated carbocycles. The van der Waals surface area contributed by atoms with Crippen molar-refractivity contribution in [2.75, 3.05) is 18.9 Å². The maximum Gasteiger partial charge on any atom is 0.257 e. The van der Waals surface area contributed by atoms with Crippen LogP contribution in [0.2, 0.25) is 0 Å². The molecule has 0 aliphatic carbocycles. The lowest BCUT2D eigenvalue weighted by Crippen LogP contribution is -2.29. The Bertz CT molecular complexity index is 472. The topological polar surface area (TPSA) is 81.4 Å². The van der Waals surface area contributed by atoms with Crippen molar-refractivity contribution in [2.45, 2.75) is 33.1 Å². The summed E-state index contributed by atoms with van der Waals surface area (Å²) in [6.45, 7) is 4.43. The van der Waals surface area contributed by atoms with Crippen molar-refractivity contribution >= 4 is 17.4 Å². The summed E-state index contributed by atoms with van der Waals surface area (Å²) in [6.07, 6.45) is 2.40.